The van der Waals surface area contributed by atoms with Crippen molar-refractivity contribution in [2.75, 3.05) is 5.32 Å². The lowest BCUT2D eigenvalue weighted by atomic mass is 10.0. The molecule has 0 aliphatic carbocycles. The molecular formula is C27H24N3O+. The molecule has 152 valence electrons. The lowest BCUT2D eigenvalue weighted by molar-refractivity contribution is -0.552. The second kappa shape index (κ2) is 8.15. The van der Waals surface area contributed by atoms with E-state index in [0.717, 1.165) is 28.3 Å². The van der Waals surface area contributed by atoms with Crippen LogP contribution in [0, 0.1) is 6.92 Å². The predicted octanol–water partition coefficient (Wildman–Crippen LogP) is 4.61. The zero-order chi connectivity index (χ0) is 21.2. The van der Waals surface area contributed by atoms with E-state index in [2.05, 4.69) is 42.6 Å². The van der Waals surface area contributed by atoms with Crippen LogP contribution in [0.15, 0.2) is 91.1 Å². The van der Waals surface area contributed by atoms with Crippen molar-refractivity contribution in [2.45, 2.75) is 25.8 Å². The van der Waals surface area contributed by atoms with Gasteiger partial charge in [-0.25, -0.2) is 9.78 Å². The molecule has 0 spiro atoms. The largest absolute Gasteiger partial charge is 0.359 e. The van der Waals surface area contributed by atoms with Crippen LogP contribution < -0.4 is 9.88 Å². The van der Waals surface area contributed by atoms with E-state index in [1.54, 1.807) is 4.57 Å². The summed E-state index contributed by atoms with van der Waals surface area (Å²) < 4.78 is 1.76. The van der Waals surface area contributed by atoms with E-state index in [4.69, 9.17) is 4.98 Å². The van der Waals surface area contributed by atoms with Gasteiger partial charge in [-0.3, -0.25) is 5.32 Å². The third-order valence-electron chi connectivity index (χ3n) is 5.67. The summed E-state index contributed by atoms with van der Waals surface area (Å²) in [4.78, 5) is 18.3. The van der Waals surface area contributed by atoms with Crippen molar-refractivity contribution in [1.29, 1.82) is 0 Å². The quantitative estimate of drug-likeness (QED) is 0.492. The van der Waals surface area contributed by atoms with E-state index in [9.17, 15) is 4.79 Å². The topological polar surface area (TPSA) is 45.9 Å². The SMILES string of the molecule is Cc1cccc(CC2Nc3c(Cc4ccccc4)nc(-c4ccccc4)c[n+]3C2=O)c1. The number of carbonyl (C=O) groups excluding carboxylic acids is 1. The number of anilines is 1. The lowest BCUT2D eigenvalue weighted by Gasteiger charge is -2.07. The molecule has 1 N–H and O–H groups in total. The summed E-state index contributed by atoms with van der Waals surface area (Å²) in [7, 11) is 0. The number of carbonyl (C=O) groups is 1. The summed E-state index contributed by atoms with van der Waals surface area (Å²) in [5, 5.41) is 3.47. The van der Waals surface area contributed by atoms with Crippen molar-refractivity contribution < 1.29 is 9.36 Å². The Morgan fingerprint density at radius 2 is 1.61 bits per heavy atom. The van der Waals surface area contributed by atoms with Crippen LogP contribution in [0.4, 0.5) is 5.82 Å². The number of aryl methyl sites for hydroxylation is 1. The maximum absolute atomic E-state index is 13.3. The van der Waals surface area contributed by atoms with E-state index in [0.29, 0.717) is 12.8 Å². The summed E-state index contributed by atoms with van der Waals surface area (Å²) in [6, 6.07) is 28.3. The zero-order valence-corrected chi connectivity index (χ0v) is 17.5. The van der Waals surface area contributed by atoms with Crippen LogP contribution >= 0.6 is 0 Å². The number of fused-ring (bicyclic) bond motifs is 1. The Balaban J connectivity index is 1.54. The van der Waals surface area contributed by atoms with Crippen LogP contribution in [-0.2, 0) is 12.8 Å². The van der Waals surface area contributed by atoms with Crippen LogP contribution in [0.25, 0.3) is 11.3 Å². The Kier molecular flexibility index (Phi) is 5.04. The summed E-state index contributed by atoms with van der Waals surface area (Å²) in [5.74, 6) is 0.858. The molecule has 0 amide bonds. The van der Waals surface area contributed by atoms with E-state index in [1.165, 1.54) is 11.1 Å². The van der Waals surface area contributed by atoms with Gasteiger partial charge in [0.1, 0.15) is 17.6 Å². The average Bonchev–Trinajstić information content (AvgIpc) is 3.11. The molecule has 1 aliphatic heterocycles. The second-order valence-corrected chi connectivity index (χ2v) is 8.05. The van der Waals surface area contributed by atoms with E-state index >= 15 is 0 Å². The molecule has 5 rings (SSSR count). The minimum atomic E-state index is -0.302. The number of hydrogen-bond acceptors (Lipinski definition) is 3. The maximum Gasteiger partial charge on any atom is 0.359 e. The zero-order valence-electron chi connectivity index (χ0n) is 17.5. The van der Waals surface area contributed by atoms with Crippen LogP contribution in [0.1, 0.15) is 27.2 Å². The summed E-state index contributed by atoms with van der Waals surface area (Å²) in [5.41, 5.74) is 6.21. The fourth-order valence-electron chi connectivity index (χ4n) is 4.15. The van der Waals surface area contributed by atoms with Gasteiger partial charge in [-0.05, 0) is 18.1 Å². The molecule has 0 fully saturated rings. The van der Waals surface area contributed by atoms with Crippen molar-refractivity contribution >= 4 is 11.7 Å². The highest BCUT2D eigenvalue weighted by molar-refractivity contribution is 5.82. The van der Waals surface area contributed by atoms with Gasteiger partial charge in [-0.1, -0.05) is 90.5 Å². The third kappa shape index (κ3) is 3.97. The molecule has 4 aromatic rings. The van der Waals surface area contributed by atoms with Gasteiger partial charge in [-0.2, -0.15) is 4.57 Å². The predicted molar refractivity (Wildman–Crippen MR) is 122 cm³/mol. The smallest absolute Gasteiger partial charge is 0.258 e. The highest BCUT2D eigenvalue weighted by Crippen LogP contribution is 2.25. The number of hydrogen-bond donors (Lipinski definition) is 1. The van der Waals surface area contributed by atoms with Crippen molar-refractivity contribution in [3.05, 3.63) is 114 Å². The fourth-order valence-corrected chi connectivity index (χ4v) is 4.15. The van der Waals surface area contributed by atoms with Crippen LogP contribution in [0.3, 0.4) is 0 Å². The van der Waals surface area contributed by atoms with Gasteiger partial charge in [0.15, 0.2) is 6.04 Å². The van der Waals surface area contributed by atoms with Crippen molar-refractivity contribution in [2.24, 2.45) is 0 Å². The molecule has 1 aliphatic rings. The molecule has 0 saturated carbocycles. The monoisotopic (exact) mass is 406 g/mol. The standard InChI is InChI=1S/C27H23N3O/c1-19-9-8-12-21(15-19)17-24-27(31)30-18-25(22-13-6-3-7-14-22)28-23(26(30)29-24)16-20-10-4-2-5-11-20/h2-15,18,24H,16-17H2,1H3/p+1. The number of nitrogens with one attached hydrogen (secondary N) is 1. The molecule has 4 heteroatoms. The molecule has 1 unspecified atom stereocenters. The number of aromatic nitrogens is 2. The van der Waals surface area contributed by atoms with E-state index in [1.807, 2.05) is 60.8 Å². The fraction of sp³-hybridized carbons (Fsp3) is 0.148. The van der Waals surface area contributed by atoms with E-state index in [-0.39, 0.29) is 11.9 Å². The second-order valence-electron chi connectivity index (χ2n) is 8.05. The van der Waals surface area contributed by atoms with Crippen LogP contribution in [0.2, 0.25) is 0 Å². The first-order valence-corrected chi connectivity index (χ1v) is 10.6. The number of nitrogens with zero attached hydrogens (tertiary/aromatic N) is 2. The summed E-state index contributed by atoms with van der Waals surface area (Å²) in [6.45, 7) is 2.07. The minimum Gasteiger partial charge on any atom is -0.258 e. The molecule has 0 saturated heterocycles. The molecule has 1 aromatic heterocycles. The number of benzene rings is 3. The Morgan fingerprint density at radius 1 is 0.903 bits per heavy atom. The molecule has 31 heavy (non-hydrogen) atoms. The number of rotatable bonds is 5. The minimum absolute atomic E-state index is 0.0606. The van der Waals surface area contributed by atoms with Gasteiger partial charge in [-0.15, -0.1) is 0 Å². The molecule has 0 radical (unpaired) electrons. The first kappa shape index (κ1) is 19.2. The van der Waals surface area contributed by atoms with Crippen molar-refractivity contribution in [3.8, 4) is 11.3 Å². The van der Waals surface area contributed by atoms with Crippen molar-refractivity contribution in [3.63, 3.8) is 0 Å². The molecule has 4 nitrogen and oxygen atoms in total. The maximum atomic E-state index is 13.3. The summed E-state index contributed by atoms with van der Waals surface area (Å²) >= 11 is 0. The van der Waals surface area contributed by atoms with Gasteiger partial charge in [0.05, 0.1) is 0 Å². The Bertz CT molecular complexity index is 1240. The van der Waals surface area contributed by atoms with Gasteiger partial charge >= 0.3 is 11.7 Å². The third-order valence-corrected chi connectivity index (χ3v) is 5.67. The van der Waals surface area contributed by atoms with Gasteiger partial charge in [0.2, 0.25) is 0 Å². The molecule has 0 bridgehead atoms. The van der Waals surface area contributed by atoms with Crippen molar-refractivity contribution in [1.82, 2.24) is 4.98 Å². The van der Waals surface area contributed by atoms with Crippen LogP contribution in [0.5, 0.6) is 0 Å². The Hall–Kier alpha value is -3.79. The highest BCUT2D eigenvalue weighted by atomic mass is 16.2. The average molecular weight is 407 g/mol. The lowest BCUT2D eigenvalue weighted by Crippen LogP contribution is -2.44. The molecular weight excluding hydrogens is 382 g/mol. The van der Waals surface area contributed by atoms with Crippen LogP contribution in [-0.4, -0.2) is 16.9 Å². The Morgan fingerprint density at radius 3 is 2.35 bits per heavy atom. The molecule has 3 aromatic carbocycles. The van der Waals surface area contributed by atoms with Gasteiger partial charge in [0, 0.05) is 18.4 Å². The summed E-state index contributed by atoms with van der Waals surface area (Å²) in [6.07, 6.45) is 3.17. The first-order chi connectivity index (χ1) is 15.2. The normalized spacial score (nSPS) is 14.9. The first-order valence-electron chi connectivity index (χ1n) is 10.6. The van der Waals surface area contributed by atoms with E-state index < -0.39 is 0 Å². The molecule has 2 heterocycles. The highest BCUT2D eigenvalue weighted by Gasteiger charge is 2.41. The van der Waals surface area contributed by atoms with Gasteiger partial charge in [0.25, 0.3) is 0 Å². The Labute approximate surface area is 182 Å². The molecule has 1 atom stereocenters. The van der Waals surface area contributed by atoms with Gasteiger partial charge < -0.3 is 0 Å².